The van der Waals surface area contributed by atoms with Crippen LogP contribution in [0, 0.1) is 5.82 Å². The quantitative estimate of drug-likeness (QED) is 0.589. The van der Waals surface area contributed by atoms with Crippen LogP contribution < -0.4 is 25.3 Å². The summed E-state index contributed by atoms with van der Waals surface area (Å²) in [7, 11) is 1.61. The number of carbonyl (C=O) groups is 1. The molecule has 0 amide bonds. The Morgan fingerprint density at radius 2 is 2.06 bits per heavy atom. The van der Waals surface area contributed by atoms with Gasteiger partial charge in [0.25, 0.3) is 0 Å². The number of carboxylic acids is 1. The molecule has 3 aliphatic rings. The lowest BCUT2D eigenvalue weighted by Gasteiger charge is -2.31. The number of pyridine rings is 1. The molecular formula is C25H22FN3O6. The number of benzene rings is 2. The molecule has 0 spiro atoms. The van der Waals surface area contributed by atoms with Gasteiger partial charge in [0.15, 0.2) is 11.6 Å². The van der Waals surface area contributed by atoms with Crippen LogP contribution in [0.2, 0.25) is 0 Å². The van der Waals surface area contributed by atoms with Gasteiger partial charge in [0.05, 0.1) is 36.3 Å². The number of aromatic carboxylic acids is 1. The average molecular weight is 479 g/mol. The van der Waals surface area contributed by atoms with Gasteiger partial charge in [-0.1, -0.05) is 0 Å². The van der Waals surface area contributed by atoms with Crippen molar-refractivity contribution in [3.8, 4) is 11.5 Å². The third-order valence-corrected chi connectivity index (χ3v) is 6.83. The molecule has 1 fully saturated rings. The second-order valence-corrected chi connectivity index (χ2v) is 8.89. The van der Waals surface area contributed by atoms with Gasteiger partial charge in [-0.3, -0.25) is 15.1 Å². The smallest absolute Gasteiger partial charge is 0.341 e. The van der Waals surface area contributed by atoms with Crippen LogP contribution in [0.1, 0.15) is 28.9 Å². The number of hydroxylamine groups is 1. The Bertz CT molecular complexity index is 1480. The number of methoxy groups -OCH3 is 1. The predicted octanol–water partition coefficient (Wildman–Crippen LogP) is 2.94. The minimum absolute atomic E-state index is 0.0110. The summed E-state index contributed by atoms with van der Waals surface area (Å²) in [5.74, 6) is -1.01. The maximum atomic E-state index is 15.6. The summed E-state index contributed by atoms with van der Waals surface area (Å²) < 4.78 is 28.5. The zero-order valence-corrected chi connectivity index (χ0v) is 19.0. The molecule has 3 aromatic rings. The molecule has 2 aromatic carbocycles. The van der Waals surface area contributed by atoms with Gasteiger partial charge in [0, 0.05) is 23.9 Å². The number of aromatic nitrogens is 1. The Kier molecular flexibility index (Phi) is 4.75. The first-order valence-corrected chi connectivity index (χ1v) is 11.2. The molecule has 9 nitrogen and oxygen atoms in total. The van der Waals surface area contributed by atoms with Crippen LogP contribution in [0.3, 0.4) is 0 Å². The molecule has 180 valence electrons. The van der Waals surface area contributed by atoms with Crippen molar-refractivity contribution in [1.82, 2.24) is 10.0 Å². The molecule has 4 heterocycles. The summed E-state index contributed by atoms with van der Waals surface area (Å²) >= 11 is 0. The van der Waals surface area contributed by atoms with Crippen LogP contribution in [0.4, 0.5) is 10.1 Å². The van der Waals surface area contributed by atoms with E-state index in [1.165, 1.54) is 6.20 Å². The summed E-state index contributed by atoms with van der Waals surface area (Å²) in [6.45, 7) is 2.85. The van der Waals surface area contributed by atoms with E-state index in [-0.39, 0.29) is 35.6 Å². The van der Waals surface area contributed by atoms with Gasteiger partial charge in [-0.05, 0) is 37.3 Å². The van der Waals surface area contributed by atoms with Crippen molar-refractivity contribution in [3.05, 3.63) is 69.3 Å². The first-order chi connectivity index (χ1) is 16.9. The van der Waals surface area contributed by atoms with Crippen molar-refractivity contribution in [2.45, 2.75) is 19.1 Å². The third-order valence-electron chi connectivity index (χ3n) is 6.83. The highest BCUT2D eigenvalue weighted by Crippen LogP contribution is 2.44. The molecular weight excluding hydrogens is 457 g/mol. The summed E-state index contributed by atoms with van der Waals surface area (Å²) in [5, 5.41) is 9.47. The lowest BCUT2D eigenvalue weighted by molar-refractivity contribution is 0.0578. The molecule has 2 N–H and O–H groups in total. The van der Waals surface area contributed by atoms with Crippen molar-refractivity contribution in [3.63, 3.8) is 0 Å². The van der Waals surface area contributed by atoms with Crippen molar-refractivity contribution < 1.29 is 28.6 Å². The first kappa shape index (κ1) is 21.5. The number of nitrogens with zero attached hydrogens (tertiary/aromatic N) is 2. The van der Waals surface area contributed by atoms with Gasteiger partial charge in [0.2, 0.25) is 5.43 Å². The van der Waals surface area contributed by atoms with E-state index in [2.05, 4.69) is 5.48 Å². The molecule has 0 aliphatic carbocycles. The number of hydrogen-bond donors (Lipinski definition) is 2. The van der Waals surface area contributed by atoms with Crippen molar-refractivity contribution in [2.75, 3.05) is 31.7 Å². The van der Waals surface area contributed by atoms with Gasteiger partial charge in [0.1, 0.15) is 29.7 Å². The molecule has 35 heavy (non-hydrogen) atoms. The van der Waals surface area contributed by atoms with Crippen LogP contribution in [0.25, 0.3) is 16.6 Å². The third kappa shape index (κ3) is 3.17. The minimum atomic E-state index is -1.35. The number of anilines is 1. The largest absolute Gasteiger partial charge is 0.497 e. The Hall–Kier alpha value is -4.05. The summed E-state index contributed by atoms with van der Waals surface area (Å²) in [6.07, 6.45) is 1.04. The Morgan fingerprint density at radius 3 is 2.77 bits per heavy atom. The molecule has 0 saturated carbocycles. The Morgan fingerprint density at radius 1 is 1.29 bits per heavy atom. The van der Waals surface area contributed by atoms with E-state index in [1.807, 2.05) is 36.1 Å². The molecule has 2 atom stereocenters. The number of hydrogen-bond acceptors (Lipinski definition) is 7. The SMILES string of the molecule is COc1ccc(C2=C3CN(c4c(F)cc5c(=O)c(C(=O)O)cn6c5c4OC[C@@H]6C)CC3ON2)cc1. The topological polar surface area (TPSA) is 102 Å². The summed E-state index contributed by atoms with van der Waals surface area (Å²) in [6, 6.07) is 8.46. The monoisotopic (exact) mass is 479 g/mol. The lowest BCUT2D eigenvalue weighted by atomic mass is 10.1. The number of nitrogens with one attached hydrogen (secondary N) is 1. The van der Waals surface area contributed by atoms with Gasteiger partial charge < -0.3 is 24.0 Å². The first-order valence-electron chi connectivity index (χ1n) is 11.2. The standard InChI is InChI=1S/C25H22FN3O6/c1-12-11-34-24-21-15(23(30)17(25(31)32)9-29(12)21)7-18(26)22(24)28-8-16-19(10-28)35-27-20(16)13-3-5-14(33-2)6-4-13/h3-7,9,12,19,27H,8,10-11H2,1-2H3,(H,31,32)/t12-,19?/m0/s1. The summed E-state index contributed by atoms with van der Waals surface area (Å²) in [5.41, 5.74) is 5.23. The van der Waals surface area contributed by atoms with E-state index in [4.69, 9.17) is 14.3 Å². The number of carboxylic acid groups (broad SMARTS) is 1. The maximum Gasteiger partial charge on any atom is 0.341 e. The normalized spacial score (nSPS) is 20.6. The molecule has 3 aliphatic heterocycles. The molecule has 1 saturated heterocycles. The van der Waals surface area contributed by atoms with Gasteiger partial charge in [-0.25, -0.2) is 9.18 Å². The number of halogens is 1. The maximum absolute atomic E-state index is 15.6. The molecule has 6 rings (SSSR count). The summed E-state index contributed by atoms with van der Waals surface area (Å²) in [4.78, 5) is 32.1. The molecule has 10 heteroatoms. The van der Waals surface area contributed by atoms with Gasteiger partial charge in [-0.15, -0.1) is 0 Å². The van der Waals surface area contributed by atoms with E-state index in [9.17, 15) is 14.7 Å². The minimum Gasteiger partial charge on any atom is -0.497 e. The molecule has 0 bridgehead atoms. The fraction of sp³-hybridized carbons (Fsp3) is 0.280. The number of ether oxygens (including phenoxy) is 2. The van der Waals surface area contributed by atoms with Crippen molar-refractivity contribution in [2.24, 2.45) is 0 Å². The zero-order valence-electron chi connectivity index (χ0n) is 19.0. The van der Waals surface area contributed by atoms with Crippen LogP contribution >= 0.6 is 0 Å². The van der Waals surface area contributed by atoms with Gasteiger partial charge in [-0.2, -0.15) is 0 Å². The van der Waals surface area contributed by atoms with E-state index >= 15 is 4.39 Å². The van der Waals surface area contributed by atoms with Crippen molar-refractivity contribution >= 4 is 28.3 Å². The fourth-order valence-corrected chi connectivity index (χ4v) is 5.06. The Labute approximate surface area is 198 Å². The van der Waals surface area contributed by atoms with Crippen LogP contribution in [0.5, 0.6) is 11.5 Å². The highest BCUT2D eigenvalue weighted by molar-refractivity contribution is 5.97. The average Bonchev–Trinajstić information content (AvgIpc) is 3.43. The van der Waals surface area contributed by atoms with Crippen molar-refractivity contribution in [1.29, 1.82) is 0 Å². The molecule has 1 aromatic heterocycles. The van der Waals surface area contributed by atoms with E-state index < -0.39 is 22.8 Å². The molecule has 0 radical (unpaired) electrons. The van der Waals surface area contributed by atoms with E-state index in [0.29, 0.717) is 18.6 Å². The lowest BCUT2D eigenvalue weighted by Crippen LogP contribution is -2.30. The van der Waals surface area contributed by atoms with Gasteiger partial charge >= 0.3 is 5.97 Å². The van der Waals surface area contributed by atoms with E-state index in [0.717, 1.165) is 28.6 Å². The highest BCUT2D eigenvalue weighted by Gasteiger charge is 2.39. The zero-order chi connectivity index (χ0) is 24.4. The Balaban J connectivity index is 1.47. The molecule has 1 unspecified atom stereocenters. The number of rotatable bonds is 4. The van der Waals surface area contributed by atoms with Crippen LogP contribution in [-0.4, -0.2) is 48.6 Å². The van der Waals surface area contributed by atoms with Crippen LogP contribution in [-0.2, 0) is 4.84 Å². The predicted molar refractivity (Wildman–Crippen MR) is 125 cm³/mol. The second-order valence-electron chi connectivity index (χ2n) is 8.89. The highest BCUT2D eigenvalue weighted by atomic mass is 19.1. The second kappa shape index (κ2) is 7.74. The van der Waals surface area contributed by atoms with Crippen LogP contribution in [0.15, 0.2) is 46.9 Å². The fourth-order valence-electron chi connectivity index (χ4n) is 5.06. The number of fused-ring (bicyclic) bond motifs is 1. The van der Waals surface area contributed by atoms with E-state index in [1.54, 1.807) is 11.7 Å².